The van der Waals surface area contributed by atoms with Crippen LogP contribution in [0.15, 0.2) is 60.6 Å². The average Bonchev–Trinajstić information content (AvgIpc) is 3.64. The van der Waals surface area contributed by atoms with E-state index in [-0.39, 0.29) is 23.4 Å². The number of allylic oxidation sites excluding steroid dienone is 3. The Bertz CT molecular complexity index is 1630. The molecule has 11 heteroatoms. The zero-order valence-electron chi connectivity index (χ0n) is 26.7. The number of ether oxygens (including phenoxy) is 1. The molecule has 45 heavy (non-hydrogen) atoms. The molecule has 3 saturated heterocycles. The number of fused-ring (bicyclic) bond motifs is 1. The van der Waals surface area contributed by atoms with Gasteiger partial charge >= 0.3 is 6.09 Å². The maximum Gasteiger partial charge on any atom is 0.410 e. The summed E-state index contributed by atoms with van der Waals surface area (Å²) in [6, 6.07) is 10.7. The molecule has 3 aromatic rings. The summed E-state index contributed by atoms with van der Waals surface area (Å²) in [4.78, 5) is 31.0. The van der Waals surface area contributed by atoms with E-state index < -0.39 is 5.60 Å². The van der Waals surface area contributed by atoms with Gasteiger partial charge in [-0.15, -0.1) is 5.10 Å². The lowest BCUT2D eigenvalue weighted by atomic mass is 9.75. The van der Waals surface area contributed by atoms with Gasteiger partial charge in [-0.2, -0.15) is 0 Å². The Kier molecular flexibility index (Phi) is 7.54. The maximum atomic E-state index is 14.3. The van der Waals surface area contributed by atoms with Gasteiger partial charge in [0.1, 0.15) is 28.8 Å². The molecule has 7 rings (SSSR count). The van der Waals surface area contributed by atoms with Crippen LogP contribution in [0.4, 0.5) is 20.8 Å². The van der Waals surface area contributed by atoms with Gasteiger partial charge in [-0.25, -0.2) is 23.7 Å². The van der Waals surface area contributed by atoms with E-state index in [4.69, 9.17) is 14.8 Å². The molecule has 3 fully saturated rings. The summed E-state index contributed by atoms with van der Waals surface area (Å²) in [5.41, 5.74) is 1.69. The highest BCUT2D eigenvalue weighted by Gasteiger charge is 2.41. The van der Waals surface area contributed by atoms with Gasteiger partial charge in [-0.1, -0.05) is 19.1 Å². The number of aromatic nitrogens is 4. The third-order valence-corrected chi connectivity index (χ3v) is 9.62. The summed E-state index contributed by atoms with van der Waals surface area (Å²) in [5, 5.41) is 5.06. The van der Waals surface area contributed by atoms with Gasteiger partial charge in [0.2, 0.25) is 0 Å². The van der Waals surface area contributed by atoms with Gasteiger partial charge in [-0.05, 0) is 76.5 Å². The first-order valence-electron chi connectivity index (χ1n) is 16.2. The summed E-state index contributed by atoms with van der Waals surface area (Å²) in [5.74, 6) is 1.66. The van der Waals surface area contributed by atoms with E-state index >= 15 is 0 Å². The molecule has 0 N–H and O–H groups in total. The quantitative estimate of drug-likeness (QED) is 0.382. The lowest BCUT2D eigenvalue weighted by Crippen LogP contribution is -2.64. The summed E-state index contributed by atoms with van der Waals surface area (Å²) in [6.45, 7) is 13.8. The highest BCUT2D eigenvalue weighted by atomic mass is 19.1. The summed E-state index contributed by atoms with van der Waals surface area (Å²) >= 11 is 0. The molecule has 0 bridgehead atoms. The highest BCUT2D eigenvalue weighted by molar-refractivity contribution is 5.69. The number of halogens is 1. The Morgan fingerprint density at radius 3 is 2.60 bits per heavy atom. The Balaban J connectivity index is 1.03. The number of piperazine rings is 1. The summed E-state index contributed by atoms with van der Waals surface area (Å²) < 4.78 is 21.7. The first kappa shape index (κ1) is 29.7. The van der Waals surface area contributed by atoms with Crippen LogP contribution in [0, 0.1) is 5.41 Å². The molecule has 238 valence electrons. The minimum atomic E-state index is -0.474. The molecule has 0 unspecified atom stereocenters. The Labute approximate surface area is 264 Å². The normalized spacial score (nSPS) is 24.7. The second-order valence-electron chi connectivity index (χ2n) is 14.0. The van der Waals surface area contributed by atoms with Crippen LogP contribution in [0.2, 0.25) is 0 Å². The molecule has 0 spiro atoms. The largest absolute Gasteiger partial charge is 0.444 e. The number of hydrogen-bond acceptors (Lipinski definition) is 8. The van der Waals surface area contributed by atoms with Gasteiger partial charge in [0.05, 0.1) is 11.9 Å². The van der Waals surface area contributed by atoms with Crippen LogP contribution in [-0.4, -0.2) is 99.0 Å². The number of rotatable bonds is 5. The monoisotopic (exact) mass is 614 g/mol. The van der Waals surface area contributed by atoms with Gasteiger partial charge in [0.25, 0.3) is 0 Å². The number of imidazole rings is 1. The van der Waals surface area contributed by atoms with Crippen LogP contribution >= 0.6 is 0 Å². The van der Waals surface area contributed by atoms with Crippen LogP contribution in [0.3, 0.4) is 0 Å². The highest BCUT2D eigenvalue weighted by Crippen LogP contribution is 2.42. The molecule has 6 heterocycles. The van der Waals surface area contributed by atoms with Crippen LogP contribution in [0.1, 0.15) is 47.0 Å². The maximum absolute atomic E-state index is 14.3. The van der Waals surface area contributed by atoms with E-state index in [0.29, 0.717) is 19.1 Å². The summed E-state index contributed by atoms with van der Waals surface area (Å²) in [7, 11) is 0. The molecule has 2 atom stereocenters. The molecule has 3 aliphatic heterocycles. The van der Waals surface area contributed by atoms with Gasteiger partial charge in [0.15, 0.2) is 5.65 Å². The van der Waals surface area contributed by atoms with E-state index in [1.807, 2.05) is 61.8 Å². The van der Waals surface area contributed by atoms with Crippen LogP contribution < -0.4 is 9.80 Å². The van der Waals surface area contributed by atoms with Crippen molar-refractivity contribution in [2.45, 2.75) is 64.6 Å². The fraction of sp³-hybridized carbons (Fsp3) is 0.529. The molecule has 3 aromatic heterocycles. The second-order valence-corrected chi connectivity index (χ2v) is 14.0. The number of anilines is 2. The zero-order chi connectivity index (χ0) is 31.3. The molecule has 0 aromatic carbocycles. The SMILES string of the molecule is CC(C)(C)OC(=O)N1CC(N2CCN(c3cccc(-c4cnc5ccc(N6CCC[C@@H]6[C@]6(C)C=C(F)C=CC6)nn45)n3)CC2)C1. The fourth-order valence-electron chi connectivity index (χ4n) is 7.22. The molecule has 10 nitrogen and oxygen atoms in total. The Morgan fingerprint density at radius 2 is 1.84 bits per heavy atom. The van der Waals surface area contributed by atoms with E-state index in [1.54, 1.807) is 17.1 Å². The molecule has 1 amide bonds. The number of hydrogen-bond donors (Lipinski definition) is 0. The summed E-state index contributed by atoms with van der Waals surface area (Å²) in [6.07, 6.45) is 9.79. The first-order chi connectivity index (χ1) is 21.6. The smallest absolute Gasteiger partial charge is 0.410 e. The standard InChI is InChI=1S/C34H43FN8O2/c1-33(2,3)45-32(44)41-22-25(23-41)39-16-18-40(19-17-39)30-11-5-9-26(37-30)27-21-36-29-12-13-31(38-43(27)29)42-15-7-10-28(42)34(4)14-6-8-24(35)20-34/h5-6,8-9,11-13,20-21,25,28H,7,10,14-19,22-23H2,1-4H3/t28-,34+/m1/s1. The van der Waals surface area contributed by atoms with E-state index in [1.165, 1.54) is 0 Å². The van der Waals surface area contributed by atoms with E-state index in [0.717, 1.165) is 80.7 Å². The topological polar surface area (TPSA) is 82.3 Å². The Hall–Kier alpha value is -3.99. The number of nitrogens with zero attached hydrogens (tertiary/aromatic N) is 8. The van der Waals surface area contributed by atoms with Gasteiger partial charge < -0.3 is 19.4 Å². The lowest BCUT2D eigenvalue weighted by Gasteiger charge is -2.48. The van der Waals surface area contributed by atoms with Crippen LogP contribution in [-0.2, 0) is 4.74 Å². The van der Waals surface area contributed by atoms with Crippen molar-refractivity contribution in [3.63, 3.8) is 0 Å². The minimum Gasteiger partial charge on any atom is -0.444 e. The van der Waals surface area contributed by atoms with Crippen molar-refractivity contribution in [2.24, 2.45) is 5.41 Å². The van der Waals surface area contributed by atoms with Gasteiger partial charge in [0, 0.05) is 63.3 Å². The number of likely N-dealkylation sites (tertiary alicyclic amines) is 1. The lowest BCUT2D eigenvalue weighted by molar-refractivity contribution is -0.0162. The van der Waals surface area contributed by atoms with Crippen molar-refractivity contribution in [2.75, 3.05) is 55.6 Å². The first-order valence-corrected chi connectivity index (χ1v) is 16.2. The van der Waals surface area contributed by atoms with E-state index in [9.17, 15) is 9.18 Å². The zero-order valence-corrected chi connectivity index (χ0v) is 26.7. The number of amides is 1. The molecule has 1 aliphatic carbocycles. The number of pyridine rings is 1. The third-order valence-electron chi connectivity index (χ3n) is 9.62. The van der Waals surface area contributed by atoms with Crippen molar-refractivity contribution in [3.05, 3.63) is 60.6 Å². The molecule has 0 radical (unpaired) electrons. The predicted molar refractivity (Wildman–Crippen MR) is 173 cm³/mol. The molecule has 4 aliphatic rings. The predicted octanol–water partition coefficient (Wildman–Crippen LogP) is 5.32. The third kappa shape index (κ3) is 5.90. The van der Waals surface area contributed by atoms with Crippen molar-refractivity contribution in [3.8, 4) is 11.4 Å². The van der Waals surface area contributed by atoms with Crippen LogP contribution in [0.25, 0.3) is 17.0 Å². The fourth-order valence-corrected chi connectivity index (χ4v) is 7.22. The second kappa shape index (κ2) is 11.4. The van der Waals surface area contributed by atoms with Crippen molar-refractivity contribution < 1.29 is 13.9 Å². The Morgan fingerprint density at radius 1 is 1.04 bits per heavy atom. The average molecular weight is 615 g/mol. The molecular formula is C34H43FN8O2. The molecule has 0 saturated carbocycles. The number of carbonyl (C=O) groups is 1. The van der Waals surface area contributed by atoms with Crippen LogP contribution in [0.5, 0.6) is 0 Å². The van der Waals surface area contributed by atoms with E-state index in [2.05, 4.69) is 32.7 Å². The minimum absolute atomic E-state index is 0.156. The number of carbonyl (C=O) groups excluding carboxylic acids is 1. The van der Waals surface area contributed by atoms with Gasteiger partial charge in [-0.3, -0.25) is 4.90 Å². The van der Waals surface area contributed by atoms with Crippen molar-refractivity contribution >= 4 is 23.4 Å². The van der Waals surface area contributed by atoms with Crippen molar-refractivity contribution in [1.82, 2.24) is 29.4 Å². The molecular weight excluding hydrogens is 571 g/mol. The van der Waals surface area contributed by atoms with Crippen molar-refractivity contribution in [1.29, 1.82) is 0 Å².